The van der Waals surface area contributed by atoms with Crippen molar-refractivity contribution < 1.29 is 19.0 Å². The smallest absolute Gasteiger partial charge is 0.313 e. The summed E-state index contributed by atoms with van der Waals surface area (Å²) in [6.45, 7) is 5.06. The molecule has 1 heterocycles. The van der Waals surface area contributed by atoms with E-state index >= 15 is 0 Å². The molecule has 1 aliphatic rings. The molecule has 4 heteroatoms. The number of rotatable bonds is 3. The molecule has 0 bridgehead atoms. The molecule has 1 unspecified atom stereocenters. The standard InChI is InChI=1S/C14H18O4/c1-4-10(14(15)16-3)11-8-13-12(7-9(11)2)17-5-6-18-13/h7-8,10H,4-6H2,1-3H3. The number of esters is 1. The summed E-state index contributed by atoms with van der Waals surface area (Å²) in [5.74, 6) is 1.01. The van der Waals surface area contributed by atoms with E-state index in [1.165, 1.54) is 7.11 Å². The number of hydrogen-bond acceptors (Lipinski definition) is 4. The highest BCUT2D eigenvalue weighted by Gasteiger charge is 2.24. The fraction of sp³-hybridized carbons (Fsp3) is 0.500. The molecule has 2 rings (SSSR count). The van der Waals surface area contributed by atoms with Gasteiger partial charge in [-0.15, -0.1) is 0 Å². The molecule has 1 atom stereocenters. The van der Waals surface area contributed by atoms with Crippen LogP contribution in [0.3, 0.4) is 0 Å². The van der Waals surface area contributed by atoms with Gasteiger partial charge in [0, 0.05) is 0 Å². The summed E-state index contributed by atoms with van der Waals surface area (Å²) in [7, 11) is 1.42. The lowest BCUT2D eigenvalue weighted by Gasteiger charge is -2.22. The van der Waals surface area contributed by atoms with E-state index in [0.717, 1.165) is 16.9 Å². The summed E-state index contributed by atoms with van der Waals surface area (Å²) in [6.07, 6.45) is 0.702. The quantitative estimate of drug-likeness (QED) is 0.773. The highest BCUT2D eigenvalue weighted by molar-refractivity contribution is 5.79. The Balaban J connectivity index is 2.40. The van der Waals surface area contributed by atoms with Crippen LogP contribution >= 0.6 is 0 Å². The molecule has 98 valence electrons. The first kappa shape index (κ1) is 12.7. The minimum Gasteiger partial charge on any atom is -0.486 e. The summed E-state index contributed by atoms with van der Waals surface area (Å²) >= 11 is 0. The summed E-state index contributed by atoms with van der Waals surface area (Å²) in [5.41, 5.74) is 1.98. The van der Waals surface area contributed by atoms with E-state index in [-0.39, 0.29) is 11.9 Å². The van der Waals surface area contributed by atoms with Crippen molar-refractivity contribution in [3.05, 3.63) is 23.3 Å². The van der Waals surface area contributed by atoms with Crippen LogP contribution in [0, 0.1) is 6.92 Å². The first-order valence-corrected chi connectivity index (χ1v) is 6.15. The Bertz CT molecular complexity index is 453. The van der Waals surface area contributed by atoms with Gasteiger partial charge in [0.15, 0.2) is 11.5 Å². The van der Waals surface area contributed by atoms with Gasteiger partial charge in [-0.2, -0.15) is 0 Å². The van der Waals surface area contributed by atoms with Crippen molar-refractivity contribution in [3.63, 3.8) is 0 Å². The Kier molecular flexibility index (Phi) is 3.75. The molecule has 0 aromatic heterocycles. The van der Waals surface area contributed by atoms with E-state index in [1.54, 1.807) is 0 Å². The van der Waals surface area contributed by atoms with Crippen molar-refractivity contribution in [3.8, 4) is 11.5 Å². The number of ether oxygens (including phenoxy) is 3. The summed E-state index contributed by atoms with van der Waals surface area (Å²) < 4.78 is 15.9. The van der Waals surface area contributed by atoms with Crippen LogP contribution in [-0.2, 0) is 9.53 Å². The molecule has 1 aromatic rings. The van der Waals surface area contributed by atoms with Crippen LogP contribution in [-0.4, -0.2) is 26.3 Å². The van der Waals surface area contributed by atoms with Gasteiger partial charge in [-0.05, 0) is 36.6 Å². The van der Waals surface area contributed by atoms with Gasteiger partial charge >= 0.3 is 5.97 Å². The second-order valence-corrected chi connectivity index (χ2v) is 4.34. The molecule has 18 heavy (non-hydrogen) atoms. The highest BCUT2D eigenvalue weighted by Crippen LogP contribution is 2.36. The van der Waals surface area contributed by atoms with Gasteiger partial charge in [0.2, 0.25) is 0 Å². The fourth-order valence-corrected chi connectivity index (χ4v) is 2.24. The molecule has 0 fully saturated rings. The molecular weight excluding hydrogens is 232 g/mol. The molecule has 0 radical (unpaired) electrons. The lowest BCUT2D eigenvalue weighted by atomic mass is 9.92. The second kappa shape index (κ2) is 5.29. The maximum atomic E-state index is 11.8. The van der Waals surface area contributed by atoms with Crippen molar-refractivity contribution in [2.45, 2.75) is 26.2 Å². The minimum atomic E-state index is -0.245. The highest BCUT2D eigenvalue weighted by atomic mass is 16.6. The molecule has 0 spiro atoms. The van der Waals surface area contributed by atoms with Gasteiger partial charge in [0.05, 0.1) is 13.0 Å². The number of hydrogen-bond donors (Lipinski definition) is 0. The molecule has 0 saturated carbocycles. The first-order chi connectivity index (χ1) is 8.67. The van der Waals surface area contributed by atoms with Gasteiger partial charge < -0.3 is 14.2 Å². The third-order valence-corrected chi connectivity index (χ3v) is 3.20. The molecular formula is C14H18O4. The van der Waals surface area contributed by atoms with Crippen LogP contribution in [0.1, 0.15) is 30.4 Å². The van der Waals surface area contributed by atoms with Crippen LogP contribution in [0.5, 0.6) is 11.5 Å². The van der Waals surface area contributed by atoms with Crippen LogP contribution in [0.15, 0.2) is 12.1 Å². The van der Waals surface area contributed by atoms with Crippen LogP contribution < -0.4 is 9.47 Å². The molecule has 0 aliphatic carbocycles. The third-order valence-electron chi connectivity index (χ3n) is 3.20. The zero-order chi connectivity index (χ0) is 13.1. The van der Waals surface area contributed by atoms with Crippen LogP contribution in [0.4, 0.5) is 0 Å². The van der Waals surface area contributed by atoms with Crippen LogP contribution in [0.2, 0.25) is 0 Å². The lowest BCUT2D eigenvalue weighted by Crippen LogP contribution is -2.18. The number of aryl methyl sites for hydroxylation is 1. The topological polar surface area (TPSA) is 44.8 Å². The Labute approximate surface area is 107 Å². The Morgan fingerprint density at radius 3 is 2.50 bits per heavy atom. The normalized spacial score (nSPS) is 15.1. The van der Waals surface area contributed by atoms with Crippen molar-refractivity contribution in [2.24, 2.45) is 0 Å². The zero-order valence-electron chi connectivity index (χ0n) is 11.0. The largest absolute Gasteiger partial charge is 0.486 e. The average Bonchev–Trinajstić information content (AvgIpc) is 2.39. The Morgan fingerprint density at radius 1 is 1.33 bits per heavy atom. The summed E-state index contributed by atoms with van der Waals surface area (Å²) in [5, 5.41) is 0. The van der Waals surface area contributed by atoms with E-state index in [4.69, 9.17) is 14.2 Å². The fourth-order valence-electron chi connectivity index (χ4n) is 2.24. The van der Waals surface area contributed by atoms with Crippen molar-refractivity contribution >= 4 is 5.97 Å². The second-order valence-electron chi connectivity index (χ2n) is 4.34. The predicted molar refractivity (Wildman–Crippen MR) is 67.2 cm³/mol. The van der Waals surface area contributed by atoms with Crippen molar-refractivity contribution in [1.29, 1.82) is 0 Å². The number of carbonyl (C=O) groups excluding carboxylic acids is 1. The summed E-state index contributed by atoms with van der Waals surface area (Å²) in [6, 6.07) is 3.82. The SMILES string of the molecule is CCC(C(=O)OC)c1cc2c(cc1C)OCCO2. The predicted octanol–water partition coefficient (Wildman–Crippen LogP) is 2.43. The Hall–Kier alpha value is -1.71. The maximum absolute atomic E-state index is 11.8. The Morgan fingerprint density at radius 2 is 1.94 bits per heavy atom. The van der Waals surface area contributed by atoms with Gasteiger partial charge in [-0.1, -0.05) is 6.92 Å². The van der Waals surface area contributed by atoms with E-state index < -0.39 is 0 Å². The number of fused-ring (bicyclic) bond motifs is 1. The molecule has 0 amide bonds. The van der Waals surface area contributed by atoms with Crippen LogP contribution in [0.25, 0.3) is 0 Å². The number of carbonyl (C=O) groups is 1. The maximum Gasteiger partial charge on any atom is 0.313 e. The molecule has 4 nitrogen and oxygen atoms in total. The van der Waals surface area contributed by atoms with Crippen molar-refractivity contribution in [2.75, 3.05) is 20.3 Å². The zero-order valence-corrected chi connectivity index (χ0v) is 11.0. The van der Waals surface area contributed by atoms with E-state index in [9.17, 15) is 4.79 Å². The first-order valence-electron chi connectivity index (χ1n) is 6.15. The monoisotopic (exact) mass is 250 g/mol. The van der Waals surface area contributed by atoms with E-state index in [1.807, 2.05) is 26.0 Å². The van der Waals surface area contributed by atoms with Gasteiger partial charge in [0.25, 0.3) is 0 Å². The van der Waals surface area contributed by atoms with Gasteiger partial charge in [0.1, 0.15) is 13.2 Å². The average molecular weight is 250 g/mol. The van der Waals surface area contributed by atoms with E-state index in [2.05, 4.69) is 0 Å². The molecule has 1 aromatic carbocycles. The van der Waals surface area contributed by atoms with Crippen molar-refractivity contribution in [1.82, 2.24) is 0 Å². The summed E-state index contributed by atoms with van der Waals surface area (Å²) in [4.78, 5) is 11.8. The molecule has 0 saturated heterocycles. The van der Waals surface area contributed by atoms with Gasteiger partial charge in [-0.3, -0.25) is 4.79 Å². The molecule has 1 aliphatic heterocycles. The van der Waals surface area contributed by atoms with E-state index in [0.29, 0.717) is 25.4 Å². The number of methoxy groups -OCH3 is 1. The molecule has 0 N–H and O–H groups in total. The van der Waals surface area contributed by atoms with Gasteiger partial charge in [-0.25, -0.2) is 0 Å². The minimum absolute atomic E-state index is 0.211. The third kappa shape index (κ3) is 2.28. The number of benzene rings is 1. The lowest BCUT2D eigenvalue weighted by molar-refractivity contribution is -0.142.